The summed E-state index contributed by atoms with van der Waals surface area (Å²) in [6.07, 6.45) is 3.68. The maximum atomic E-state index is 9.18. The van der Waals surface area contributed by atoms with Crippen LogP contribution in [-0.2, 0) is 0 Å². The van der Waals surface area contributed by atoms with Gasteiger partial charge in [-0.3, -0.25) is 0 Å². The molecule has 2 rings (SSSR count). The first-order valence-electron chi connectivity index (χ1n) is 6.11. The number of nitriles is 1. The van der Waals surface area contributed by atoms with E-state index >= 15 is 0 Å². The highest BCUT2D eigenvalue weighted by Crippen LogP contribution is 2.30. The van der Waals surface area contributed by atoms with Crippen LogP contribution in [0.15, 0.2) is 18.2 Å². The second kappa shape index (κ2) is 5.09. The van der Waals surface area contributed by atoms with Gasteiger partial charge in [0.15, 0.2) is 0 Å². The van der Waals surface area contributed by atoms with Crippen LogP contribution in [0.1, 0.15) is 31.7 Å². The zero-order valence-electron chi connectivity index (χ0n) is 10.4. The first kappa shape index (κ1) is 11.8. The normalized spacial score (nSPS) is 19.8. The lowest BCUT2D eigenvalue weighted by Crippen LogP contribution is -2.37. The lowest BCUT2D eigenvalue weighted by atomic mass is 10.0. The molecule has 0 saturated carbocycles. The molecule has 1 unspecified atom stereocenters. The largest absolute Gasteiger partial charge is 0.497 e. The molecule has 1 heterocycles. The van der Waals surface area contributed by atoms with Crippen molar-refractivity contribution in [1.29, 1.82) is 5.26 Å². The Hall–Kier alpha value is -1.69. The number of nitrogens with zero attached hydrogens (tertiary/aromatic N) is 2. The number of ether oxygens (including phenoxy) is 1. The highest BCUT2D eigenvalue weighted by atomic mass is 16.5. The van der Waals surface area contributed by atoms with Gasteiger partial charge in [-0.1, -0.05) is 0 Å². The summed E-state index contributed by atoms with van der Waals surface area (Å²) >= 11 is 0. The van der Waals surface area contributed by atoms with E-state index in [-0.39, 0.29) is 0 Å². The molecule has 1 saturated heterocycles. The topological polar surface area (TPSA) is 36.3 Å². The van der Waals surface area contributed by atoms with Gasteiger partial charge in [-0.25, -0.2) is 0 Å². The first-order chi connectivity index (χ1) is 8.26. The molecular formula is C14H18N2O. The summed E-state index contributed by atoms with van der Waals surface area (Å²) in [4.78, 5) is 2.32. The zero-order chi connectivity index (χ0) is 12.3. The molecule has 0 spiro atoms. The number of hydrogen-bond donors (Lipinski definition) is 0. The Morgan fingerprint density at radius 2 is 2.24 bits per heavy atom. The third kappa shape index (κ3) is 2.36. The van der Waals surface area contributed by atoms with E-state index in [0.717, 1.165) is 23.5 Å². The molecule has 90 valence electrons. The minimum atomic E-state index is 0.503. The van der Waals surface area contributed by atoms with Gasteiger partial charge in [0.2, 0.25) is 0 Å². The molecule has 3 heteroatoms. The summed E-state index contributed by atoms with van der Waals surface area (Å²) in [6, 6.07) is 8.43. The molecule has 1 aromatic rings. The zero-order valence-corrected chi connectivity index (χ0v) is 10.4. The second-order valence-electron chi connectivity index (χ2n) is 4.53. The Labute approximate surface area is 103 Å². The van der Waals surface area contributed by atoms with Crippen molar-refractivity contribution in [2.24, 2.45) is 0 Å². The van der Waals surface area contributed by atoms with Gasteiger partial charge >= 0.3 is 0 Å². The minimum absolute atomic E-state index is 0.503. The van der Waals surface area contributed by atoms with Gasteiger partial charge in [-0.2, -0.15) is 5.26 Å². The molecule has 1 atom stereocenters. The van der Waals surface area contributed by atoms with Gasteiger partial charge < -0.3 is 9.64 Å². The molecule has 0 bridgehead atoms. The van der Waals surface area contributed by atoms with Crippen molar-refractivity contribution in [2.45, 2.75) is 32.2 Å². The lowest BCUT2D eigenvalue weighted by Gasteiger charge is -2.36. The van der Waals surface area contributed by atoms with Crippen LogP contribution in [0, 0.1) is 11.3 Å². The predicted octanol–water partition coefficient (Wildman–Crippen LogP) is 2.95. The minimum Gasteiger partial charge on any atom is -0.497 e. The van der Waals surface area contributed by atoms with Gasteiger partial charge in [0, 0.05) is 18.7 Å². The third-order valence-electron chi connectivity index (χ3n) is 3.44. The quantitative estimate of drug-likeness (QED) is 0.783. The first-order valence-corrected chi connectivity index (χ1v) is 6.11. The average molecular weight is 230 g/mol. The molecule has 0 aromatic heterocycles. The van der Waals surface area contributed by atoms with Crippen LogP contribution in [0.25, 0.3) is 0 Å². The summed E-state index contributed by atoms with van der Waals surface area (Å²) in [5, 5.41) is 9.18. The molecule has 0 N–H and O–H groups in total. The number of methoxy groups -OCH3 is 1. The highest BCUT2D eigenvalue weighted by Gasteiger charge is 2.21. The molecule has 1 aliphatic heterocycles. The lowest BCUT2D eigenvalue weighted by molar-refractivity contribution is 0.414. The van der Waals surface area contributed by atoms with E-state index < -0.39 is 0 Å². The van der Waals surface area contributed by atoms with Gasteiger partial charge in [-0.15, -0.1) is 0 Å². The van der Waals surface area contributed by atoms with Crippen LogP contribution in [0.3, 0.4) is 0 Å². The maximum Gasteiger partial charge on any atom is 0.121 e. The Balaban J connectivity index is 2.38. The van der Waals surface area contributed by atoms with Crippen LogP contribution < -0.4 is 9.64 Å². The molecule has 0 amide bonds. The molecule has 1 aliphatic rings. The van der Waals surface area contributed by atoms with E-state index in [0.29, 0.717) is 6.04 Å². The summed E-state index contributed by atoms with van der Waals surface area (Å²) in [7, 11) is 1.66. The fraction of sp³-hybridized carbons (Fsp3) is 0.500. The second-order valence-corrected chi connectivity index (χ2v) is 4.53. The van der Waals surface area contributed by atoms with E-state index in [1.165, 1.54) is 19.3 Å². The Bertz CT molecular complexity index is 436. The van der Waals surface area contributed by atoms with Crippen LogP contribution in [0.4, 0.5) is 5.69 Å². The fourth-order valence-electron chi connectivity index (χ4n) is 2.43. The molecule has 17 heavy (non-hydrogen) atoms. The number of benzene rings is 1. The van der Waals surface area contributed by atoms with Crippen LogP contribution in [0.2, 0.25) is 0 Å². The molecule has 3 nitrogen and oxygen atoms in total. The van der Waals surface area contributed by atoms with Gasteiger partial charge in [-0.05, 0) is 38.3 Å². The van der Waals surface area contributed by atoms with E-state index in [4.69, 9.17) is 4.74 Å². The van der Waals surface area contributed by atoms with Gasteiger partial charge in [0.05, 0.1) is 18.4 Å². The fourth-order valence-corrected chi connectivity index (χ4v) is 2.43. The van der Waals surface area contributed by atoms with Crippen molar-refractivity contribution in [3.05, 3.63) is 23.8 Å². The van der Waals surface area contributed by atoms with E-state index in [1.54, 1.807) is 7.11 Å². The van der Waals surface area contributed by atoms with Gasteiger partial charge in [0.25, 0.3) is 0 Å². The Kier molecular flexibility index (Phi) is 3.53. The van der Waals surface area contributed by atoms with Crippen molar-refractivity contribution in [3.63, 3.8) is 0 Å². The van der Waals surface area contributed by atoms with Crippen molar-refractivity contribution in [3.8, 4) is 11.8 Å². The SMILES string of the molecule is COc1ccc(C#N)c(N2CCCCC2C)c1. The van der Waals surface area contributed by atoms with Crippen LogP contribution in [-0.4, -0.2) is 19.7 Å². The van der Waals surface area contributed by atoms with Crippen molar-refractivity contribution >= 4 is 5.69 Å². The third-order valence-corrected chi connectivity index (χ3v) is 3.44. The van der Waals surface area contributed by atoms with E-state index in [1.807, 2.05) is 18.2 Å². The summed E-state index contributed by atoms with van der Waals surface area (Å²) in [5.41, 5.74) is 1.75. The summed E-state index contributed by atoms with van der Waals surface area (Å²) in [6.45, 7) is 3.25. The van der Waals surface area contributed by atoms with Crippen molar-refractivity contribution < 1.29 is 4.74 Å². The van der Waals surface area contributed by atoms with Crippen molar-refractivity contribution in [1.82, 2.24) is 0 Å². The summed E-state index contributed by atoms with van der Waals surface area (Å²) in [5.74, 6) is 0.816. The maximum absolute atomic E-state index is 9.18. The number of rotatable bonds is 2. The standard InChI is InChI=1S/C14H18N2O/c1-11-5-3-4-8-16(11)14-9-13(17-2)7-6-12(14)10-15/h6-7,9,11H,3-5,8H2,1-2H3. The number of anilines is 1. The van der Waals surface area contributed by atoms with E-state index in [9.17, 15) is 5.26 Å². The summed E-state index contributed by atoms with van der Waals surface area (Å²) < 4.78 is 5.24. The van der Waals surface area contributed by atoms with Crippen LogP contribution >= 0.6 is 0 Å². The highest BCUT2D eigenvalue weighted by molar-refractivity contribution is 5.62. The number of piperidine rings is 1. The molecule has 0 radical (unpaired) electrons. The van der Waals surface area contributed by atoms with Crippen molar-refractivity contribution in [2.75, 3.05) is 18.6 Å². The van der Waals surface area contributed by atoms with Crippen LogP contribution in [0.5, 0.6) is 5.75 Å². The molecule has 1 aromatic carbocycles. The predicted molar refractivity (Wildman–Crippen MR) is 68.4 cm³/mol. The smallest absolute Gasteiger partial charge is 0.121 e. The monoisotopic (exact) mass is 230 g/mol. The molecule has 0 aliphatic carbocycles. The Morgan fingerprint density at radius 1 is 1.41 bits per heavy atom. The number of hydrogen-bond acceptors (Lipinski definition) is 3. The Morgan fingerprint density at radius 3 is 2.88 bits per heavy atom. The molecular weight excluding hydrogens is 212 g/mol. The molecule has 1 fully saturated rings. The van der Waals surface area contributed by atoms with E-state index in [2.05, 4.69) is 17.9 Å². The van der Waals surface area contributed by atoms with Gasteiger partial charge in [0.1, 0.15) is 11.8 Å². The average Bonchev–Trinajstić information content (AvgIpc) is 2.38.